The Balaban J connectivity index is 0.000000184. The molecule has 2 atom stereocenters. The molecule has 4 aromatic rings. The Labute approximate surface area is 256 Å². The van der Waals surface area contributed by atoms with E-state index in [0.717, 1.165) is 35.8 Å². The molecule has 210 valence electrons. The molecule has 0 saturated carbocycles. The van der Waals surface area contributed by atoms with Crippen LogP contribution in [0.2, 0.25) is 0 Å². The molecule has 0 unspecified atom stereocenters. The summed E-state index contributed by atoms with van der Waals surface area (Å²) in [5, 5.41) is 0. The molecule has 0 amide bonds. The van der Waals surface area contributed by atoms with E-state index in [4.69, 9.17) is 18.1 Å². The predicted octanol–water partition coefficient (Wildman–Crippen LogP) is 9.98. The van der Waals surface area contributed by atoms with Gasteiger partial charge in [-0.25, -0.2) is 0 Å². The zero-order chi connectivity index (χ0) is 27.2. The van der Waals surface area contributed by atoms with Gasteiger partial charge in [-0.2, -0.15) is 12.8 Å². The summed E-state index contributed by atoms with van der Waals surface area (Å²) in [6.07, 6.45) is 15.1. The van der Waals surface area contributed by atoms with Gasteiger partial charge in [0.1, 0.15) is 23.0 Å². The first-order valence-electron chi connectivity index (χ1n) is 13.3. The number of para-hydroxylation sites is 4. The second-order valence-corrected chi connectivity index (χ2v) is 12.0. The largest absolute Gasteiger partial charge is 2.00 e. The topological polar surface area (TPSA) is 36.9 Å². The molecule has 0 heterocycles. The van der Waals surface area contributed by atoms with Crippen LogP contribution in [0.4, 0.5) is 0 Å². The molecule has 2 aliphatic rings. The van der Waals surface area contributed by atoms with E-state index in [0.29, 0.717) is 0 Å². The molecule has 0 spiro atoms. The molecule has 4 nitrogen and oxygen atoms in total. The van der Waals surface area contributed by atoms with E-state index in [2.05, 4.69) is 37.1 Å². The molecule has 0 N–H and O–H groups in total. The Hall–Kier alpha value is -3.06. The quantitative estimate of drug-likeness (QED) is 0.0764. The van der Waals surface area contributed by atoms with Crippen LogP contribution in [-0.2, 0) is 17.1 Å². The van der Waals surface area contributed by atoms with Gasteiger partial charge in [-0.1, -0.05) is 84.1 Å². The van der Waals surface area contributed by atoms with Crippen molar-refractivity contribution < 1.29 is 35.2 Å². The minimum atomic E-state index is -1.06. The Morgan fingerprint density at radius 3 is 0.927 bits per heavy atom. The van der Waals surface area contributed by atoms with Crippen molar-refractivity contribution in [3.8, 4) is 23.0 Å². The van der Waals surface area contributed by atoms with Gasteiger partial charge in [0.15, 0.2) is 0 Å². The van der Waals surface area contributed by atoms with Crippen LogP contribution in [0.25, 0.3) is 0 Å². The molecule has 0 saturated heterocycles. The Morgan fingerprint density at radius 2 is 0.707 bits per heavy atom. The maximum Gasteiger partial charge on any atom is 2.00 e. The number of benzene rings is 4. The molecule has 7 heteroatoms. The fraction of sp³-hybridized carbons (Fsp3) is 0.118. The van der Waals surface area contributed by atoms with Gasteiger partial charge >= 0.3 is 17.1 Å². The minimum absolute atomic E-state index is 0. The van der Waals surface area contributed by atoms with Crippen molar-refractivity contribution in [1.82, 2.24) is 0 Å². The van der Waals surface area contributed by atoms with Gasteiger partial charge in [-0.05, 0) is 48.5 Å². The number of rotatable bonds is 10. The van der Waals surface area contributed by atoms with E-state index in [1.54, 1.807) is 0 Å². The molecule has 2 aliphatic carbocycles. The van der Waals surface area contributed by atoms with Crippen LogP contribution in [0.1, 0.15) is 12.8 Å². The molecule has 4 aromatic carbocycles. The monoisotopic (exact) mass is 622 g/mol. The molecule has 0 aliphatic heterocycles. The summed E-state index contributed by atoms with van der Waals surface area (Å²) in [5.41, 5.74) is 0.482. The fourth-order valence-corrected chi connectivity index (χ4v) is 6.96. The predicted molar refractivity (Wildman–Crippen MR) is 166 cm³/mol. The smallest absolute Gasteiger partial charge is 0.440 e. The molecule has 0 fully saturated rings. The summed E-state index contributed by atoms with van der Waals surface area (Å²) in [4.78, 5) is 0. The standard InChI is InChI=1S/2C17H16O2P.Fe/c2*1-3-9-15(10-4-1)18-20(17-13-7-8-14-17)19-16-11-5-2-6-12-16;/h2*1-7,9-14,17H,8H2;/q2*-1;+2/t2*17-;/m10./s1. The second-order valence-electron chi connectivity index (χ2n) is 8.97. The van der Waals surface area contributed by atoms with E-state index >= 15 is 0 Å². The number of hydrogen-bond acceptors (Lipinski definition) is 4. The average Bonchev–Trinajstić information content (AvgIpc) is 3.75. The van der Waals surface area contributed by atoms with Gasteiger partial charge in [0.2, 0.25) is 0 Å². The van der Waals surface area contributed by atoms with Crippen molar-refractivity contribution in [1.29, 1.82) is 0 Å². The Kier molecular flexibility index (Phi) is 12.8. The first kappa shape index (κ1) is 30.9. The zero-order valence-electron chi connectivity index (χ0n) is 22.5. The van der Waals surface area contributed by atoms with Crippen LogP contribution in [0.5, 0.6) is 23.0 Å². The van der Waals surface area contributed by atoms with Crippen LogP contribution in [-0.4, -0.2) is 11.3 Å². The molecule has 0 radical (unpaired) electrons. The van der Waals surface area contributed by atoms with Crippen LogP contribution in [0.15, 0.2) is 146 Å². The molecular weight excluding hydrogens is 590 g/mol. The third kappa shape index (κ3) is 10.1. The Bertz CT molecular complexity index is 1140. The summed E-state index contributed by atoms with van der Waals surface area (Å²) in [5.74, 6) is 3.40. The van der Waals surface area contributed by atoms with Gasteiger partial charge in [0.25, 0.3) is 16.8 Å². The van der Waals surface area contributed by atoms with Crippen molar-refractivity contribution >= 4 is 16.8 Å². The van der Waals surface area contributed by atoms with E-state index in [-0.39, 0.29) is 28.4 Å². The van der Waals surface area contributed by atoms with E-state index in [1.165, 1.54) is 0 Å². The van der Waals surface area contributed by atoms with E-state index in [9.17, 15) is 0 Å². The van der Waals surface area contributed by atoms with Gasteiger partial charge in [-0.3, -0.25) is 0 Å². The van der Waals surface area contributed by atoms with Crippen molar-refractivity contribution in [2.75, 3.05) is 0 Å². The van der Waals surface area contributed by atoms with Gasteiger partial charge in [0.05, 0.1) is 0 Å². The molecule has 6 rings (SSSR count). The van der Waals surface area contributed by atoms with Crippen molar-refractivity contribution in [2.45, 2.75) is 24.2 Å². The molecule has 0 aromatic heterocycles. The third-order valence-corrected chi connectivity index (χ3v) is 9.24. The normalized spacial score (nSPS) is 16.9. The first-order chi connectivity index (χ1) is 19.8. The van der Waals surface area contributed by atoms with Crippen molar-refractivity contribution in [3.63, 3.8) is 0 Å². The van der Waals surface area contributed by atoms with E-state index < -0.39 is 16.8 Å². The van der Waals surface area contributed by atoms with Gasteiger partial charge in [-0.15, -0.1) is 24.3 Å². The summed E-state index contributed by atoms with van der Waals surface area (Å²) in [6.45, 7) is 0. The summed E-state index contributed by atoms with van der Waals surface area (Å²) in [6, 6.07) is 39.4. The maximum absolute atomic E-state index is 6.06. The average molecular weight is 622 g/mol. The SMILES string of the molecule is C1=C[C@@H](P(Oc2ccccc2)Oc2ccccc2)[CH-]C1.C1=C[C@H](P(Oc2ccccc2)Oc2ccccc2)[CH-]C1.[Fe+2]. The third-order valence-electron chi connectivity index (χ3n) is 5.94. The van der Waals surface area contributed by atoms with Crippen LogP contribution >= 0.6 is 16.8 Å². The van der Waals surface area contributed by atoms with Crippen molar-refractivity contribution in [3.05, 3.63) is 158 Å². The van der Waals surface area contributed by atoms with Crippen LogP contribution < -0.4 is 18.1 Å². The number of allylic oxidation sites excluding steroid dienone is 4. The van der Waals surface area contributed by atoms with Gasteiger partial charge in [0, 0.05) is 0 Å². The summed E-state index contributed by atoms with van der Waals surface area (Å²) < 4.78 is 24.2. The van der Waals surface area contributed by atoms with Crippen LogP contribution in [0.3, 0.4) is 0 Å². The number of hydrogen-bond donors (Lipinski definition) is 0. The first-order valence-corrected chi connectivity index (χ1v) is 15.8. The van der Waals surface area contributed by atoms with Crippen LogP contribution in [0, 0.1) is 12.8 Å². The molecular formula is C34H32FeO4P2. The maximum atomic E-state index is 6.06. The molecule has 0 bridgehead atoms. The molecule has 41 heavy (non-hydrogen) atoms. The minimum Gasteiger partial charge on any atom is -0.440 e. The zero-order valence-corrected chi connectivity index (χ0v) is 25.4. The second kappa shape index (κ2) is 17.0. The van der Waals surface area contributed by atoms with E-state index in [1.807, 2.05) is 121 Å². The summed E-state index contributed by atoms with van der Waals surface area (Å²) >= 11 is 0. The fourth-order valence-electron chi connectivity index (χ4n) is 3.96. The Morgan fingerprint density at radius 1 is 0.439 bits per heavy atom. The van der Waals surface area contributed by atoms with Gasteiger partial charge < -0.3 is 30.9 Å². The van der Waals surface area contributed by atoms with Crippen molar-refractivity contribution in [2.24, 2.45) is 0 Å². The summed E-state index contributed by atoms with van der Waals surface area (Å²) in [7, 11) is -2.11.